The Morgan fingerprint density at radius 2 is 2.07 bits per heavy atom. The van der Waals surface area contributed by atoms with Crippen LogP contribution in [0.3, 0.4) is 0 Å². The van der Waals surface area contributed by atoms with Crippen molar-refractivity contribution < 1.29 is 9.59 Å². The molecule has 29 heavy (non-hydrogen) atoms. The second-order valence-corrected chi connectivity index (χ2v) is 7.49. The predicted molar refractivity (Wildman–Crippen MR) is 111 cm³/mol. The van der Waals surface area contributed by atoms with E-state index in [2.05, 4.69) is 21.7 Å². The fourth-order valence-electron chi connectivity index (χ4n) is 3.83. The molecule has 150 valence electrons. The summed E-state index contributed by atoms with van der Waals surface area (Å²) in [6.45, 7) is 2.57. The Morgan fingerprint density at radius 3 is 2.86 bits per heavy atom. The number of fused-ring (bicyclic) bond motifs is 1. The van der Waals surface area contributed by atoms with Gasteiger partial charge in [0, 0.05) is 48.8 Å². The van der Waals surface area contributed by atoms with Gasteiger partial charge in [0.25, 0.3) is 11.5 Å². The van der Waals surface area contributed by atoms with Crippen molar-refractivity contribution in [2.24, 2.45) is 0 Å². The molecule has 1 unspecified atom stereocenters. The number of aromatic nitrogens is 2. The number of para-hydroxylation sites is 1. The molecule has 0 bridgehead atoms. The lowest BCUT2D eigenvalue weighted by atomic mass is 10.1. The SMILES string of the molecule is Cc1ccn(CCc2c[nH]c3ccccc23)c(=O)c1C(=O)NCC1CCC(=O)N1. The van der Waals surface area contributed by atoms with Crippen LogP contribution in [0.25, 0.3) is 10.9 Å². The summed E-state index contributed by atoms with van der Waals surface area (Å²) in [5.74, 6) is -0.394. The number of hydrogen-bond acceptors (Lipinski definition) is 3. The third-order valence-corrected chi connectivity index (χ3v) is 5.49. The molecular formula is C22H24N4O3. The van der Waals surface area contributed by atoms with E-state index < -0.39 is 5.91 Å². The van der Waals surface area contributed by atoms with Gasteiger partial charge in [-0.3, -0.25) is 14.4 Å². The summed E-state index contributed by atoms with van der Waals surface area (Å²) in [5.41, 5.74) is 2.72. The summed E-state index contributed by atoms with van der Waals surface area (Å²) >= 11 is 0. The van der Waals surface area contributed by atoms with E-state index in [9.17, 15) is 14.4 Å². The van der Waals surface area contributed by atoms with E-state index in [0.29, 0.717) is 37.9 Å². The maximum atomic E-state index is 12.9. The monoisotopic (exact) mass is 392 g/mol. The van der Waals surface area contributed by atoms with E-state index in [1.165, 1.54) is 0 Å². The van der Waals surface area contributed by atoms with Crippen LogP contribution in [0.4, 0.5) is 0 Å². The molecule has 0 spiro atoms. The first-order chi connectivity index (χ1) is 14.0. The van der Waals surface area contributed by atoms with Gasteiger partial charge in [0.05, 0.1) is 0 Å². The van der Waals surface area contributed by atoms with Crippen LogP contribution in [0.1, 0.15) is 34.3 Å². The van der Waals surface area contributed by atoms with Crippen LogP contribution < -0.4 is 16.2 Å². The predicted octanol–water partition coefficient (Wildman–Crippen LogP) is 1.89. The van der Waals surface area contributed by atoms with Crippen LogP contribution in [0.2, 0.25) is 0 Å². The van der Waals surface area contributed by atoms with Crippen LogP contribution in [0.5, 0.6) is 0 Å². The number of benzene rings is 1. The third-order valence-electron chi connectivity index (χ3n) is 5.49. The number of carbonyl (C=O) groups excluding carboxylic acids is 2. The van der Waals surface area contributed by atoms with Crippen LogP contribution in [-0.2, 0) is 17.8 Å². The topological polar surface area (TPSA) is 96.0 Å². The summed E-state index contributed by atoms with van der Waals surface area (Å²) in [7, 11) is 0. The molecule has 4 rings (SSSR count). The molecule has 1 aliphatic rings. The minimum atomic E-state index is -0.393. The standard InChI is InChI=1S/C22H24N4O3/c1-14-8-10-26(11-9-15-12-23-18-5-3-2-4-17(15)18)22(29)20(14)21(28)24-13-16-6-7-19(27)25-16/h2-5,8,10,12,16,23H,6-7,9,11,13H2,1H3,(H,24,28)(H,25,27). The lowest BCUT2D eigenvalue weighted by Crippen LogP contribution is -2.41. The molecule has 1 fully saturated rings. The zero-order valence-electron chi connectivity index (χ0n) is 16.3. The highest BCUT2D eigenvalue weighted by Gasteiger charge is 2.22. The number of aromatic amines is 1. The Kier molecular flexibility index (Phi) is 5.20. The fraction of sp³-hybridized carbons (Fsp3) is 0.318. The van der Waals surface area contributed by atoms with Crippen molar-refractivity contribution in [3.05, 3.63) is 69.8 Å². The normalized spacial score (nSPS) is 16.2. The second kappa shape index (κ2) is 7.95. The Bertz CT molecular complexity index is 1130. The Hall–Kier alpha value is -3.35. The quantitative estimate of drug-likeness (QED) is 0.598. The smallest absolute Gasteiger partial charge is 0.263 e. The molecule has 3 N–H and O–H groups in total. The van der Waals surface area contributed by atoms with Gasteiger partial charge in [-0.1, -0.05) is 18.2 Å². The van der Waals surface area contributed by atoms with E-state index in [1.807, 2.05) is 24.4 Å². The molecular weight excluding hydrogens is 368 g/mol. The van der Waals surface area contributed by atoms with Gasteiger partial charge in [0.2, 0.25) is 5.91 Å². The number of hydrogen-bond donors (Lipinski definition) is 3. The van der Waals surface area contributed by atoms with E-state index in [0.717, 1.165) is 16.5 Å². The first kappa shape index (κ1) is 19.0. The molecule has 1 aromatic carbocycles. The van der Waals surface area contributed by atoms with Gasteiger partial charge in [-0.25, -0.2) is 0 Å². The maximum Gasteiger partial charge on any atom is 0.263 e. The Morgan fingerprint density at radius 1 is 1.24 bits per heavy atom. The molecule has 2 aromatic heterocycles. The number of pyridine rings is 1. The number of carbonyl (C=O) groups is 2. The van der Waals surface area contributed by atoms with Gasteiger partial charge in [-0.15, -0.1) is 0 Å². The number of H-pyrrole nitrogens is 1. The summed E-state index contributed by atoms with van der Waals surface area (Å²) in [6.07, 6.45) is 5.56. The highest BCUT2D eigenvalue weighted by molar-refractivity contribution is 5.95. The zero-order valence-corrected chi connectivity index (χ0v) is 16.3. The molecule has 7 heteroatoms. The van der Waals surface area contributed by atoms with Crippen LogP contribution in [0, 0.1) is 6.92 Å². The molecule has 0 aliphatic carbocycles. The van der Waals surface area contributed by atoms with Crippen LogP contribution in [-0.4, -0.2) is 34.0 Å². The molecule has 3 heterocycles. The molecule has 1 saturated heterocycles. The van der Waals surface area contributed by atoms with Crippen LogP contribution >= 0.6 is 0 Å². The van der Waals surface area contributed by atoms with Gasteiger partial charge < -0.3 is 20.2 Å². The molecule has 1 atom stereocenters. The molecule has 2 amide bonds. The Balaban J connectivity index is 1.48. The van der Waals surface area contributed by atoms with E-state index >= 15 is 0 Å². The summed E-state index contributed by atoms with van der Waals surface area (Å²) in [4.78, 5) is 40.1. The first-order valence-electron chi connectivity index (χ1n) is 9.85. The largest absolute Gasteiger partial charge is 0.361 e. The molecule has 1 aliphatic heterocycles. The molecule has 3 aromatic rings. The van der Waals surface area contributed by atoms with Crippen molar-refractivity contribution in [3.63, 3.8) is 0 Å². The van der Waals surface area contributed by atoms with Gasteiger partial charge in [-0.05, 0) is 43.0 Å². The van der Waals surface area contributed by atoms with Gasteiger partial charge >= 0.3 is 0 Å². The summed E-state index contributed by atoms with van der Waals surface area (Å²) in [6, 6.07) is 9.77. The number of aryl methyl sites for hydroxylation is 3. The van der Waals surface area contributed by atoms with E-state index in [1.54, 1.807) is 23.8 Å². The second-order valence-electron chi connectivity index (χ2n) is 7.49. The minimum Gasteiger partial charge on any atom is -0.361 e. The summed E-state index contributed by atoms with van der Waals surface area (Å²) in [5, 5.41) is 6.75. The van der Waals surface area contributed by atoms with Gasteiger partial charge in [0.15, 0.2) is 0 Å². The zero-order chi connectivity index (χ0) is 20.4. The number of nitrogens with one attached hydrogen (secondary N) is 3. The van der Waals surface area contributed by atoms with Crippen molar-refractivity contribution in [2.45, 2.75) is 38.8 Å². The lowest BCUT2D eigenvalue weighted by molar-refractivity contribution is -0.119. The molecule has 0 saturated carbocycles. The van der Waals surface area contributed by atoms with Crippen molar-refractivity contribution in [2.75, 3.05) is 6.54 Å². The molecule has 7 nitrogen and oxygen atoms in total. The van der Waals surface area contributed by atoms with Crippen molar-refractivity contribution in [1.29, 1.82) is 0 Å². The van der Waals surface area contributed by atoms with Crippen molar-refractivity contribution >= 4 is 22.7 Å². The highest BCUT2D eigenvalue weighted by atomic mass is 16.2. The number of rotatable bonds is 6. The number of amides is 2. The van der Waals surface area contributed by atoms with Crippen LogP contribution in [0.15, 0.2) is 47.5 Å². The van der Waals surface area contributed by atoms with E-state index in [4.69, 9.17) is 0 Å². The van der Waals surface area contributed by atoms with Gasteiger partial charge in [-0.2, -0.15) is 0 Å². The lowest BCUT2D eigenvalue weighted by Gasteiger charge is -2.13. The van der Waals surface area contributed by atoms with Crippen molar-refractivity contribution in [3.8, 4) is 0 Å². The third kappa shape index (κ3) is 3.94. The average molecular weight is 392 g/mol. The minimum absolute atomic E-state index is 0.000206. The average Bonchev–Trinajstić information content (AvgIpc) is 3.32. The first-order valence-corrected chi connectivity index (χ1v) is 9.85. The van der Waals surface area contributed by atoms with Crippen molar-refractivity contribution in [1.82, 2.24) is 20.2 Å². The summed E-state index contributed by atoms with van der Waals surface area (Å²) < 4.78 is 1.58. The fourth-order valence-corrected chi connectivity index (χ4v) is 3.83. The number of nitrogens with zero attached hydrogens (tertiary/aromatic N) is 1. The van der Waals surface area contributed by atoms with E-state index in [-0.39, 0.29) is 23.1 Å². The molecule has 0 radical (unpaired) electrons. The van der Waals surface area contributed by atoms with Gasteiger partial charge in [0.1, 0.15) is 5.56 Å². The Labute approximate surface area is 168 Å². The maximum absolute atomic E-state index is 12.9. The highest BCUT2D eigenvalue weighted by Crippen LogP contribution is 2.18.